The van der Waals surface area contributed by atoms with Crippen LogP contribution in [0.15, 0.2) is 28.9 Å². The largest absolute Gasteiger partial charge is 0.306 e. The molecule has 0 fully saturated rings. The summed E-state index contributed by atoms with van der Waals surface area (Å²) in [6.07, 6.45) is 1.96. The molecule has 0 radical (unpaired) electrons. The highest BCUT2D eigenvalue weighted by molar-refractivity contribution is 9.10. The molecule has 0 unspecified atom stereocenters. The number of aryl methyl sites for hydroxylation is 1. The normalized spacial score (nSPS) is 11.8. The van der Waals surface area contributed by atoms with Gasteiger partial charge in [-0.05, 0) is 61.3 Å². The maximum Gasteiger partial charge on any atom is 0.0969 e. The van der Waals surface area contributed by atoms with Gasteiger partial charge in [0.2, 0.25) is 0 Å². The van der Waals surface area contributed by atoms with Crippen LogP contribution in [0.1, 0.15) is 32.0 Å². The van der Waals surface area contributed by atoms with Crippen molar-refractivity contribution in [1.29, 1.82) is 0 Å². The Balaban J connectivity index is 2.19. The van der Waals surface area contributed by atoms with E-state index in [2.05, 4.69) is 71.4 Å². The van der Waals surface area contributed by atoms with E-state index in [-0.39, 0.29) is 5.54 Å². The second-order valence-corrected chi connectivity index (χ2v) is 6.57. The Morgan fingerprint density at radius 3 is 2.74 bits per heavy atom. The summed E-state index contributed by atoms with van der Waals surface area (Å²) in [6, 6.07) is 6.17. The number of nitrogens with one attached hydrogen (secondary N) is 1. The van der Waals surface area contributed by atoms with Gasteiger partial charge in [-0.3, -0.25) is 0 Å². The van der Waals surface area contributed by atoms with Gasteiger partial charge in [-0.1, -0.05) is 11.3 Å². The second-order valence-electron chi connectivity index (χ2n) is 5.71. The fourth-order valence-corrected chi connectivity index (χ4v) is 2.08. The summed E-state index contributed by atoms with van der Waals surface area (Å²) in [5.74, 6) is 0. The van der Waals surface area contributed by atoms with Crippen LogP contribution in [0.25, 0.3) is 5.69 Å². The van der Waals surface area contributed by atoms with Crippen LogP contribution in [0.4, 0.5) is 0 Å². The van der Waals surface area contributed by atoms with Gasteiger partial charge < -0.3 is 5.32 Å². The first-order valence-electron chi connectivity index (χ1n) is 6.28. The maximum atomic E-state index is 4.20. The van der Waals surface area contributed by atoms with Crippen molar-refractivity contribution >= 4 is 15.9 Å². The van der Waals surface area contributed by atoms with Gasteiger partial charge in [0.1, 0.15) is 0 Å². The summed E-state index contributed by atoms with van der Waals surface area (Å²) < 4.78 is 2.81. The van der Waals surface area contributed by atoms with Crippen LogP contribution in [-0.4, -0.2) is 20.5 Å². The number of halogens is 1. The van der Waals surface area contributed by atoms with Crippen molar-refractivity contribution in [3.8, 4) is 5.69 Å². The maximum absolute atomic E-state index is 4.20. The van der Waals surface area contributed by atoms with Gasteiger partial charge in [0, 0.05) is 16.6 Å². The van der Waals surface area contributed by atoms with Gasteiger partial charge in [-0.2, -0.15) is 0 Å². The number of hydrogen-bond donors (Lipinski definition) is 1. The van der Waals surface area contributed by atoms with E-state index in [0.29, 0.717) is 6.54 Å². The van der Waals surface area contributed by atoms with E-state index in [1.807, 2.05) is 12.3 Å². The van der Waals surface area contributed by atoms with Gasteiger partial charge >= 0.3 is 0 Å². The molecule has 0 aliphatic heterocycles. The highest BCUT2D eigenvalue weighted by Gasteiger charge is 2.11. The Morgan fingerprint density at radius 2 is 2.05 bits per heavy atom. The molecular weight excluding hydrogens is 304 g/mol. The van der Waals surface area contributed by atoms with Crippen molar-refractivity contribution in [2.24, 2.45) is 0 Å². The molecule has 0 aliphatic rings. The van der Waals surface area contributed by atoms with Crippen molar-refractivity contribution < 1.29 is 0 Å². The van der Waals surface area contributed by atoms with E-state index in [1.165, 1.54) is 5.56 Å². The molecular formula is C14H19BrN4. The molecule has 0 spiro atoms. The topological polar surface area (TPSA) is 42.7 Å². The summed E-state index contributed by atoms with van der Waals surface area (Å²) in [5, 5.41) is 11.8. The van der Waals surface area contributed by atoms with E-state index >= 15 is 0 Å². The van der Waals surface area contributed by atoms with E-state index in [0.717, 1.165) is 15.9 Å². The first kappa shape index (κ1) is 14.2. The summed E-state index contributed by atoms with van der Waals surface area (Å²) in [5.41, 5.74) is 3.22. The predicted octanol–water partition coefficient (Wildman–Crippen LogP) is 3.23. The molecule has 4 nitrogen and oxygen atoms in total. The molecule has 1 aromatic carbocycles. The van der Waals surface area contributed by atoms with Crippen molar-refractivity contribution in [1.82, 2.24) is 20.3 Å². The molecule has 2 rings (SSSR count). The second kappa shape index (κ2) is 5.43. The average Bonchev–Trinajstić information content (AvgIpc) is 2.77. The van der Waals surface area contributed by atoms with Gasteiger partial charge in [-0.15, -0.1) is 5.10 Å². The zero-order chi connectivity index (χ0) is 14.0. The fourth-order valence-electron chi connectivity index (χ4n) is 1.65. The number of aromatic nitrogens is 3. The average molecular weight is 323 g/mol. The fraction of sp³-hybridized carbons (Fsp3) is 0.429. The van der Waals surface area contributed by atoms with Gasteiger partial charge in [-0.25, -0.2) is 4.68 Å². The summed E-state index contributed by atoms with van der Waals surface area (Å²) in [4.78, 5) is 0. The van der Waals surface area contributed by atoms with E-state index in [4.69, 9.17) is 0 Å². The highest BCUT2D eigenvalue weighted by Crippen LogP contribution is 2.21. The number of nitrogens with zero attached hydrogens (tertiary/aromatic N) is 3. The Labute approximate surface area is 122 Å². The third-order valence-corrected chi connectivity index (χ3v) is 3.36. The lowest BCUT2D eigenvalue weighted by Crippen LogP contribution is -2.35. The number of rotatable bonds is 3. The molecule has 0 saturated heterocycles. The Bertz CT molecular complexity index is 569. The van der Waals surface area contributed by atoms with Crippen LogP contribution in [0.5, 0.6) is 0 Å². The predicted molar refractivity (Wildman–Crippen MR) is 80.4 cm³/mol. The van der Waals surface area contributed by atoms with Gasteiger partial charge in [0.25, 0.3) is 0 Å². The lowest BCUT2D eigenvalue weighted by molar-refractivity contribution is 0.421. The molecule has 5 heteroatoms. The van der Waals surface area contributed by atoms with Crippen LogP contribution >= 0.6 is 15.9 Å². The van der Waals surface area contributed by atoms with Crippen molar-refractivity contribution in [3.63, 3.8) is 0 Å². The monoisotopic (exact) mass is 322 g/mol. The minimum absolute atomic E-state index is 0.0771. The van der Waals surface area contributed by atoms with Crippen LogP contribution in [0.2, 0.25) is 0 Å². The van der Waals surface area contributed by atoms with E-state index in [1.54, 1.807) is 4.68 Å². The molecule has 19 heavy (non-hydrogen) atoms. The minimum Gasteiger partial charge on any atom is -0.306 e. The van der Waals surface area contributed by atoms with Gasteiger partial charge in [0.05, 0.1) is 17.6 Å². The molecule has 0 bridgehead atoms. The SMILES string of the molecule is Cc1ccc(Br)c(-n2cc(CNC(C)(C)C)nn2)c1. The first-order valence-corrected chi connectivity index (χ1v) is 7.07. The van der Waals surface area contributed by atoms with E-state index in [9.17, 15) is 0 Å². The standard InChI is InChI=1S/C14H19BrN4/c1-10-5-6-12(15)13(7-10)19-9-11(17-18-19)8-16-14(2,3)4/h5-7,9,16H,8H2,1-4H3. The summed E-state index contributed by atoms with van der Waals surface area (Å²) >= 11 is 3.54. The molecule has 102 valence electrons. The van der Waals surface area contributed by atoms with Crippen molar-refractivity contribution in [2.75, 3.05) is 0 Å². The Kier molecular flexibility index (Phi) is 4.06. The molecule has 1 N–H and O–H groups in total. The minimum atomic E-state index is 0.0771. The quantitative estimate of drug-likeness (QED) is 0.943. The third kappa shape index (κ3) is 3.88. The molecule has 0 amide bonds. The van der Waals surface area contributed by atoms with Crippen LogP contribution in [-0.2, 0) is 6.54 Å². The number of hydrogen-bond acceptors (Lipinski definition) is 3. The highest BCUT2D eigenvalue weighted by atomic mass is 79.9. The lowest BCUT2D eigenvalue weighted by atomic mass is 10.1. The first-order chi connectivity index (χ1) is 8.85. The molecule has 1 aromatic heterocycles. The van der Waals surface area contributed by atoms with Gasteiger partial charge in [0.15, 0.2) is 0 Å². The molecule has 0 aliphatic carbocycles. The Hall–Kier alpha value is -1.20. The summed E-state index contributed by atoms with van der Waals surface area (Å²) in [6.45, 7) is 9.18. The molecule has 2 aromatic rings. The van der Waals surface area contributed by atoms with Crippen molar-refractivity contribution in [2.45, 2.75) is 39.8 Å². The van der Waals surface area contributed by atoms with Crippen LogP contribution in [0, 0.1) is 6.92 Å². The molecule has 0 atom stereocenters. The third-order valence-electron chi connectivity index (χ3n) is 2.69. The van der Waals surface area contributed by atoms with Crippen molar-refractivity contribution in [3.05, 3.63) is 40.1 Å². The van der Waals surface area contributed by atoms with Crippen LogP contribution in [0.3, 0.4) is 0 Å². The smallest absolute Gasteiger partial charge is 0.0969 e. The molecule has 0 saturated carbocycles. The Morgan fingerprint density at radius 1 is 1.32 bits per heavy atom. The zero-order valence-corrected chi connectivity index (χ0v) is 13.3. The zero-order valence-electron chi connectivity index (χ0n) is 11.7. The summed E-state index contributed by atoms with van der Waals surface area (Å²) in [7, 11) is 0. The van der Waals surface area contributed by atoms with E-state index < -0.39 is 0 Å². The molecule has 1 heterocycles. The number of benzene rings is 1. The lowest BCUT2D eigenvalue weighted by Gasteiger charge is -2.19. The van der Waals surface area contributed by atoms with Crippen LogP contribution < -0.4 is 5.32 Å².